The molecule has 1 fully saturated rings. The summed E-state index contributed by atoms with van der Waals surface area (Å²) < 4.78 is 12.3. The van der Waals surface area contributed by atoms with E-state index in [0.29, 0.717) is 35.1 Å². The molecule has 1 aliphatic carbocycles. The molecule has 5 heteroatoms. The molecule has 1 saturated carbocycles. The van der Waals surface area contributed by atoms with E-state index in [1.165, 1.54) is 0 Å². The van der Waals surface area contributed by atoms with Crippen LogP contribution in [0.2, 0.25) is 5.02 Å². The molecule has 1 aliphatic heterocycles. The van der Waals surface area contributed by atoms with Crippen molar-refractivity contribution in [3.8, 4) is 11.5 Å². The summed E-state index contributed by atoms with van der Waals surface area (Å²) in [5.41, 5.74) is -0.0888. The molecule has 0 radical (unpaired) electrons. The number of hydrogen-bond acceptors (Lipinski definition) is 4. The Balaban J connectivity index is 1.77. The van der Waals surface area contributed by atoms with Gasteiger partial charge in [0.2, 0.25) is 0 Å². The Hall–Kier alpha value is -2.82. The lowest BCUT2D eigenvalue weighted by Crippen LogP contribution is -2.50. The molecule has 0 amide bonds. The molecule has 30 heavy (non-hydrogen) atoms. The number of fused-ring (bicyclic) bond motifs is 3. The first-order valence-corrected chi connectivity index (χ1v) is 10.5. The summed E-state index contributed by atoms with van der Waals surface area (Å²) in [5.74, 6) is 0.984. The topological polar surface area (TPSA) is 62.5 Å². The SMILES string of the molecule is CCOc1ccc2c(c1)O[C@@]1(c3ccc(Cl)cc3)[C@H](c3ccccc3)CC(=N)[C@@]21O. The fraction of sp³-hybridized carbons (Fsp3) is 0.240. The molecule has 3 aromatic rings. The fourth-order valence-electron chi connectivity index (χ4n) is 5.00. The summed E-state index contributed by atoms with van der Waals surface area (Å²) in [6.45, 7) is 2.46. The molecule has 3 aromatic carbocycles. The number of benzene rings is 3. The van der Waals surface area contributed by atoms with Crippen LogP contribution in [0.15, 0.2) is 72.8 Å². The lowest BCUT2D eigenvalue weighted by Gasteiger charge is -2.39. The highest BCUT2D eigenvalue weighted by Crippen LogP contribution is 2.65. The molecule has 2 aliphatic rings. The quantitative estimate of drug-likeness (QED) is 0.593. The Morgan fingerprint density at radius 1 is 1.10 bits per heavy atom. The summed E-state index contributed by atoms with van der Waals surface area (Å²) >= 11 is 6.16. The molecular formula is C25H22ClNO3. The van der Waals surface area contributed by atoms with Crippen LogP contribution in [-0.4, -0.2) is 17.4 Å². The normalized spacial score (nSPS) is 26.8. The molecule has 0 aromatic heterocycles. The van der Waals surface area contributed by atoms with Gasteiger partial charge in [-0.15, -0.1) is 0 Å². The maximum Gasteiger partial charge on any atom is 0.179 e. The summed E-state index contributed by atoms with van der Waals surface area (Å²) in [4.78, 5) is 0. The van der Waals surface area contributed by atoms with Gasteiger partial charge in [0.25, 0.3) is 0 Å². The van der Waals surface area contributed by atoms with Gasteiger partial charge in [-0.3, -0.25) is 0 Å². The molecule has 1 heterocycles. The van der Waals surface area contributed by atoms with Crippen LogP contribution in [0.3, 0.4) is 0 Å². The van der Waals surface area contributed by atoms with Crippen molar-refractivity contribution in [2.24, 2.45) is 0 Å². The van der Waals surface area contributed by atoms with Gasteiger partial charge in [-0.1, -0.05) is 54.1 Å². The molecule has 0 spiro atoms. The first-order valence-electron chi connectivity index (χ1n) is 10.1. The van der Waals surface area contributed by atoms with Gasteiger partial charge in [0.1, 0.15) is 11.5 Å². The molecule has 0 unspecified atom stereocenters. The smallest absolute Gasteiger partial charge is 0.179 e. The molecule has 0 bridgehead atoms. The standard InChI is InChI=1S/C25H22ClNO3/c1-2-29-19-12-13-20-22(14-19)30-25(17-8-10-18(26)11-9-17)21(15-23(27)24(20,25)28)16-6-4-3-5-7-16/h3-14,21,27-28H,2,15H2,1H3/t21-,24-,25-/m0/s1. The van der Waals surface area contributed by atoms with E-state index in [1.54, 1.807) is 12.1 Å². The van der Waals surface area contributed by atoms with Crippen molar-refractivity contribution >= 4 is 17.3 Å². The number of ether oxygens (including phenoxy) is 2. The van der Waals surface area contributed by atoms with Gasteiger partial charge < -0.3 is 20.0 Å². The molecule has 152 valence electrons. The zero-order valence-corrected chi connectivity index (χ0v) is 17.3. The first-order chi connectivity index (χ1) is 14.5. The third-order valence-corrected chi connectivity index (χ3v) is 6.53. The van der Waals surface area contributed by atoms with Crippen molar-refractivity contribution in [2.75, 3.05) is 6.61 Å². The van der Waals surface area contributed by atoms with E-state index in [2.05, 4.69) is 0 Å². The van der Waals surface area contributed by atoms with Crippen molar-refractivity contribution in [1.29, 1.82) is 5.41 Å². The van der Waals surface area contributed by atoms with Crippen LogP contribution in [0, 0.1) is 5.41 Å². The van der Waals surface area contributed by atoms with Crippen molar-refractivity contribution in [2.45, 2.75) is 30.5 Å². The number of aliphatic hydroxyl groups is 1. The van der Waals surface area contributed by atoms with Gasteiger partial charge >= 0.3 is 0 Å². The van der Waals surface area contributed by atoms with E-state index < -0.39 is 11.2 Å². The highest BCUT2D eigenvalue weighted by atomic mass is 35.5. The number of rotatable bonds is 4. The van der Waals surface area contributed by atoms with Crippen molar-refractivity contribution in [1.82, 2.24) is 0 Å². The highest BCUT2D eigenvalue weighted by Gasteiger charge is 2.71. The summed E-state index contributed by atoms with van der Waals surface area (Å²) in [5, 5.41) is 21.6. The van der Waals surface area contributed by atoms with E-state index in [-0.39, 0.29) is 11.6 Å². The maximum atomic E-state index is 12.2. The monoisotopic (exact) mass is 419 g/mol. The minimum atomic E-state index is -1.58. The Morgan fingerprint density at radius 3 is 2.53 bits per heavy atom. The number of halogens is 1. The van der Waals surface area contributed by atoms with Crippen LogP contribution in [0.25, 0.3) is 0 Å². The van der Waals surface area contributed by atoms with Gasteiger partial charge in [-0.2, -0.15) is 0 Å². The average molecular weight is 420 g/mol. The fourth-order valence-corrected chi connectivity index (χ4v) is 5.13. The zero-order chi connectivity index (χ0) is 20.9. The second-order valence-electron chi connectivity index (χ2n) is 7.79. The van der Waals surface area contributed by atoms with Gasteiger partial charge in [-0.25, -0.2) is 0 Å². The molecular weight excluding hydrogens is 398 g/mol. The van der Waals surface area contributed by atoms with E-state index in [9.17, 15) is 5.11 Å². The van der Waals surface area contributed by atoms with E-state index in [1.807, 2.05) is 67.6 Å². The average Bonchev–Trinajstić information content (AvgIpc) is 3.15. The molecule has 2 N–H and O–H groups in total. The van der Waals surface area contributed by atoms with Crippen LogP contribution in [-0.2, 0) is 11.2 Å². The third-order valence-electron chi connectivity index (χ3n) is 6.27. The van der Waals surface area contributed by atoms with E-state index >= 15 is 0 Å². The van der Waals surface area contributed by atoms with Crippen molar-refractivity contribution in [3.63, 3.8) is 0 Å². The summed E-state index contributed by atoms with van der Waals surface area (Å²) in [7, 11) is 0. The van der Waals surface area contributed by atoms with E-state index in [4.69, 9.17) is 26.5 Å². The Morgan fingerprint density at radius 2 is 1.83 bits per heavy atom. The molecule has 5 rings (SSSR count). The van der Waals surface area contributed by atoms with Gasteiger partial charge in [0.15, 0.2) is 11.2 Å². The summed E-state index contributed by atoms with van der Waals surface area (Å²) in [6, 6.07) is 22.8. The summed E-state index contributed by atoms with van der Waals surface area (Å²) in [6.07, 6.45) is 0.399. The Kier molecular flexibility index (Phi) is 4.38. The largest absolute Gasteiger partial charge is 0.494 e. The van der Waals surface area contributed by atoms with Crippen LogP contribution in [0.5, 0.6) is 11.5 Å². The lowest BCUT2D eigenvalue weighted by atomic mass is 9.71. The number of nitrogens with one attached hydrogen (secondary N) is 1. The van der Waals surface area contributed by atoms with Crippen LogP contribution in [0.4, 0.5) is 0 Å². The Bertz CT molecular complexity index is 1110. The van der Waals surface area contributed by atoms with Gasteiger partial charge in [0, 0.05) is 22.6 Å². The minimum Gasteiger partial charge on any atom is -0.494 e. The van der Waals surface area contributed by atoms with Crippen LogP contribution in [0.1, 0.15) is 36.0 Å². The minimum absolute atomic E-state index is 0.236. The predicted molar refractivity (Wildman–Crippen MR) is 117 cm³/mol. The zero-order valence-electron chi connectivity index (χ0n) is 16.6. The molecule has 0 saturated heterocycles. The first kappa shape index (κ1) is 19.2. The molecule has 4 nitrogen and oxygen atoms in total. The van der Waals surface area contributed by atoms with Crippen LogP contribution >= 0.6 is 11.6 Å². The lowest BCUT2D eigenvalue weighted by molar-refractivity contribution is -0.0743. The number of hydrogen-bond donors (Lipinski definition) is 2. The van der Waals surface area contributed by atoms with Crippen molar-refractivity contribution < 1.29 is 14.6 Å². The van der Waals surface area contributed by atoms with Crippen molar-refractivity contribution in [3.05, 3.63) is 94.5 Å². The predicted octanol–water partition coefficient (Wildman–Crippen LogP) is 5.42. The van der Waals surface area contributed by atoms with Gasteiger partial charge in [-0.05, 0) is 48.7 Å². The van der Waals surface area contributed by atoms with E-state index in [0.717, 1.165) is 11.1 Å². The second kappa shape index (κ2) is 6.86. The van der Waals surface area contributed by atoms with Gasteiger partial charge in [0.05, 0.1) is 12.3 Å². The third kappa shape index (κ3) is 2.47. The maximum absolute atomic E-state index is 12.2. The van der Waals surface area contributed by atoms with Crippen LogP contribution < -0.4 is 9.47 Å². The Labute approximate surface area is 180 Å². The second-order valence-corrected chi connectivity index (χ2v) is 8.23. The molecule has 3 atom stereocenters. The highest BCUT2D eigenvalue weighted by molar-refractivity contribution is 6.30.